The van der Waals surface area contributed by atoms with Crippen molar-refractivity contribution in [2.75, 3.05) is 25.5 Å². The lowest BCUT2D eigenvalue weighted by molar-refractivity contribution is -0.117. The lowest BCUT2D eigenvalue weighted by atomic mass is 10.0. The molecule has 2 N–H and O–H groups in total. The van der Waals surface area contributed by atoms with Crippen molar-refractivity contribution in [1.29, 1.82) is 5.26 Å². The first-order valence-corrected chi connectivity index (χ1v) is 7.22. The lowest BCUT2D eigenvalue weighted by Gasteiger charge is -2.28. The van der Waals surface area contributed by atoms with Crippen LogP contribution in [0.5, 0.6) is 0 Å². The molecule has 0 radical (unpaired) electrons. The van der Waals surface area contributed by atoms with Crippen LogP contribution < -0.4 is 5.32 Å². The Kier molecular flexibility index (Phi) is 4.94. The molecule has 1 saturated carbocycles. The Morgan fingerprint density at radius 1 is 1.38 bits per heavy atom. The number of rotatable bonds is 5. The molecule has 1 aromatic carbocycles. The van der Waals surface area contributed by atoms with Gasteiger partial charge in [-0.15, -0.1) is 0 Å². The van der Waals surface area contributed by atoms with E-state index in [1.54, 1.807) is 24.3 Å². The van der Waals surface area contributed by atoms with Gasteiger partial charge in [0.2, 0.25) is 5.91 Å². The van der Waals surface area contributed by atoms with Gasteiger partial charge >= 0.3 is 0 Å². The average molecular weight is 287 g/mol. The number of hydrogen-bond acceptors (Lipinski definition) is 4. The maximum absolute atomic E-state index is 12.0. The number of nitriles is 1. The summed E-state index contributed by atoms with van der Waals surface area (Å²) in [6.45, 7) is 0.760. The van der Waals surface area contributed by atoms with Crippen molar-refractivity contribution in [3.8, 4) is 6.07 Å². The van der Waals surface area contributed by atoms with Crippen LogP contribution in [0.2, 0.25) is 0 Å². The number of aliphatic hydroxyl groups is 1. The highest BCUT2D eigenvalue weighted by molar-refractivity contribution is 5.92. The molecule has 0 atom stereocenters. The largest absolute Gasteiger partial charge is 0.389 e. The number of anilines is 1. The summed E-state index contributed by atoms with van der Waals surface area (Å²) in [6.07, 6.45) is 3.74. The molecule has 0 bridgehead atoms. The van der Waals surface area contributed by atoms with Gasteiger partial charge < -0.3 is 10.4 Å². The van der Waals surface area contributed by atoms with Crippen LogP contribution in [-0.4, -0.2) is 41.7 Å². The van der Waals surface area contributed by atoms with Gasteiger partial charge in [0.1, 0.15) is 0 Å². The molecule has 1 aliphatic rings. The van der Waals surface area contributed by atoms with Crippen molar-refractivity contribution in [2.24, 2.45) is 0 Å². The number of benzene rings is 1. The summed E-state index contributed by atoms with van der Waals surface area (Å²) in [5, 5.41) is 21.8. The van der Waals surface area contributed by atoms with Gasteiger partial charge in [0.15, 0.2) is 0 Å². The van der Waals surface area contributed by atoms with Crippen LogP contribution in [0.3, 0.4) is 0 Å². The first-order chi connectivity index (χ1) is 10.0. The minimum Gasteiger partial charge on any atom is -0.389 e. The van der Waals surface area contributed by atoms with E-state index < -0.39 is 5.60 Å². The quantitative estimate of drug-likeness (QED) is 0.864. The fourth-order valence-electron chi connectivity index (χ4n) is 2.82. The topological polar surface area (TPSA) is 76.4 Å². The minimum atomic E-state index is -0.635. The van der Waals surface area contributed by atoms with Crippen molar-refractivity contribution in [2.45, 2.75) is 31.3 Å². The second-order valence-electron chi connectivity index (χ2n) is 5.84. The molecular weight excluding hydrogens is 266 g/mol. The summed E-state index contributed by atoms with van der Waals surface area (Å²) >= 11 is 0. The van der Waals surface area contributed by atoms with Gasteiger partial charge in [-0.3, -0.25) is 9.69 Å². The summed E-state index contributed by atoms with van der Waals surface area (Å²) < 4.78 is 0. The standard InChI is InChI=1S/C16H21N3O2/c1-19(12-16(21)8-2-3-9-16)11-15(20)18-14-6-4-13(10-17)5-7-14/h4-7,21H,2-3,8-9,11-12H2,1H3,(H,18,20). The molecular formula is C16H21N3O2. The molecule has 5 heteroatoms. The van der Waals surface area contributed by atoms with Gasteiger partial charge in [-0.05, 0) is 44.2 Å². The molecule has 112 valence electrons. The fourth-order valence-corrected chi connectivity index (χ4v) is 2.82. The van der Waals surface area contributed by atoms with Crippen molar-refractivity contribution in [3.05, 3.63) is 29.8 Å². The van der Waals surface area contributed by atoms with Crippen molar-refractivity contribution in [1.82, 2.24) is 4.90 Å². The van der Waals surface area contributed by atoms with E-state index in [1.807, 2.05) is 18.0 Å². The summed E-state index contributed by atoms with van der Waals surface area (Å²) in [5.74, 6) is -0.121. The smallest absolute Gasteiger partial charge is 0.238 e. The second kappa shape index (κ2) is 6.70. The summed E-state index contributed by atoms with van der Waals surface area (Å²) in [6, 6.07) is 8.79. The predicted octanol–water partition coefficient (Wildman–Crippen LogP) is 1.73. The molecule has 0 aromatic heterocycles. The zero-order valence-electron chi connectivity index (χ0n) is 12.3. The van der Waals surface area contributed by atoms with Crippen molar-refractivity contribution in [3.63, 3.8) is 0 Å². The van der Waals surface area contributed by atoms with E-state index in [0.717, 1.165) is 25.7 Å². The molecule has 0 saturated heterocycles. The predicted molar refractivity (Wildman–Crippen MR) is 80.7 cm³/mol. The molecule has 0 unspecified atom stereocenters. The van der Waals surface area contributed by atoms with Crippen LogP contribution in [0, 0.1) is 11.3 Å². The summed E-state index contributed by atoms with van der Waals surface area (Å²) in [5.41, 5.74) is 0.601. The fraction of sp³-hybridized carbons (Fsp3) is 0.500. The van der Waals surface area contributed by atoms with Crippen LogP contribution in [0.15, 0.2) is 24.3 Å². The van der Waals surface area contributed by atoms with E-state index in [4.69, 9.17) is 5.26 Å². The second-order valence-corrected chi connectivity index (χ2v) is 5.84. The highest BCUT2D eigenvalue weighted by Crippen LogP contribution is 2.29. The van der Waals surface area contributed by atoms with E-state index in [-0.39, 0.29) is 12.5 Å². The summed E-state index contributed by atoms with van der Waals surface area (Å²) in [7, 11) is 1.84. The lowest BCUT2D eigenvalue weighted by Crippen LogP contribution is -2.42. The molecule has 0 heterocycles. The first-order valence-electron chi connectivity index (χ1n) is 7.22. The first kappa shape index (κ1) is 15.5. The molecule has 1 fully saturated rings. The molecule has 1 aromatic rings. The Morgan fingerprint density at radius 2 is 2.00 bits per heavy atom. The van der Waals surface area contributed by atoms with Gasteiger partial charge in [0.05, 0.1) is 23.8 Å². The number of nitrogens with zero attached hydrogens (tertiary/aromatic N) is 2. The van der Waals surface area contributed by atoms with Crippen LogP contribution >= 0.6 is 0 Å². The van der Waals surface area contributed by atoms with Crippen LogP contribution in [0.4, 0.5) is 5.69 Å². The molecule has 1 aliphatic carbocycles. The van der Waals surface area contributed by atoms with Crippen LogP contribution in [-0.2, 0) is 4.79 Å². The molecule has 21 heavy (non-hydrogen) atoms. The Balaban J connectivity index is 1.81. The Labute approximate surface area is 125 Å². The zero-order valence-corrected chi connectivity index (χ0v) is 12.3. The van der Waals surface area contributed by atoms with Crippen molar-refractivity contribution >= 4 is 11.6 Å². The minimum absolute atomic E-state index is 0.121. The maximum atomic E-state index is 12.0. The highest BCUT2D eigenvalue weighted by atomic mass is 16.3. The van der Waals surface area contributed by atoms with Gasteiger partial charge in [-0.1, -0.05) is 12.8 Å². The van der Waals surface area contributed by atoms with E-state index in [2.05, 4.69) is 5.32 Å². The number of likely N-dealkylation sites (N-methyl/N-ethyl adjacent to an activating group) is 1. The van der Waals surface area contributed by atoms with Crippen LogP contribution in [0.1, 0.15) is 31.2 Å². The van der Waals surface area contributed by atoms with Gasteiger partial charge in [-0.25, -0.2) is 0 Å². The Hall–Kier alpha value is -1.90. The maximum Gasteiger partial charge on any atom is 0.238 e. The van der Waals surface area contributed by atoms with Gasteiger partial charge in [0.25, 0.3) is 0 Å². The Bertz CT molecular complexity index is 527. The number of nitrogens with one attached hydrogen (secondary N) is 1. The molecule has 2 rings (SSSR count). The SMILES string of the molecule is CN(CC(=O)Nc1ccc(C#N)cc1)CC1(O)CCCC1. The monoisotopic (exact) mass is 287 g/mol. The van der Waals surface area contributed by atoms with Gasteiger partial charge in [-0.2, -0.15) is 5.26 Å². The zero-order chi connectivity index (χ0) is 15.3. The van der Waals surface area contributed by atoms with E-state index in [0.29, 0.717) is 17.8 Å². The van der Waals surface area contributed by atoms with E-state index >= 15 is 0 Å². The number of carbonyl (C=O) groups excluding carboxylic acids is 1. The highest BCUT2D eigenvalue weighted by Gasteiger charge is 2.32. The molecule has 5 nitrogen and oxygen atoms in total. The van der Waals surface area contributed by atoms with Crippen LogP contribution in [0.25, 0.3) is 0 Å². The molecule has 1 amide bonds. The third-order valence-electron chi connectivity index (χ3n) is 3.81. The van der Waals surface area contributed by atoms with Gasteiger partial charge in [0, 0.05) is 12.2 Å². The number of hydrogen-bond donors (Lipinski definition) is 2. The number of amides is 1. The van der Waals surface area contributed by atoms with Crippen molar-refractivity contribution < 1.29 is 9.90 Å². The van der Waals surface area contributed by atoms with E-state index in [1.165, 1.54) is 0 Å². The molecule has 0 aliphatic heterocycles. The molecule has 0 spiro atoms. The normalized spacial score (nSPS) is 16.7. The Morgan fingerprint density at radius 3 is 2.57 bits per heavy atom. The summed E-state index contributed by atoms with van der Waals surface area (Å²) in [4.78, 5) is 13.8. The van der Waals surface area contributed by atoms with E-state index in [9.17, 15) is 9.90 Å². The third-order valence-corrected chi connectivity index (χ3v) is 3.81. The number of carbonyl (C=O) groups is 1. The third kappa shape index (κ3) is 4.55. The average Bonchev–Trinajstić information content (AvgIpc) is 2.85.